The fourth-order valence-corrected chi connectivity index (χ4v) is 2.21. The van der Waals surface area contributed by atoms with Gasteiger partial charge in [-0.25, -0.2) is 13.8 Å². The minimum Gasteiger partial charge on any atom is -0.340 e. The van der Waals surface area contributed by atoms with Crippen molar-refractivity contribution in [1.29, 1.82) is 5.26 Å². The maximum Gasteiger partial charge on any atom is 0.229 e. The fraction of sp³-hybridized carbons (Fsp3) is 0.0556. The van der Waals surface area contributed by atoms with Gasteiger partial charge in [0.2, 0.25) is 5.95 Å². The number of nitrogens with one attached hydrogen (secondary N) is 2. The third-order valence-electron chi connectivity index (χ3n) is 3.29. The van der Waals surface area contributed by atoms with E-state index >= 15 is 0 Å². The number of aromatic nitrogens is 2. The van der Waals surface area contributed by atoms with Gasteiger partial charge in [0.25, 0.3) is 0 Å². The van der Waals surface area contributed by atoms with E-state index in [1.807, 2.05) is 0 Å². The molecule has 3 rings (SSSR count). The number of halogens is 2. The predicted octanol–water partition coefficient (Wildman–Crippen LogP) is 4.42. The molecule has 0 amide bonds. The number of hydrogen-bond donors (Lipinski definition) is 2. The van der Waals surface area contributed by atoms with E-state index in [4.69, 9.17) is 5.26 Å². The van der Waals surface area contributed by atoms with Gasteiger partial charge in [-0.3, -0.25) is 0 Å². The Bertz CT molecular complexity index is 966. The van der Waals surface area contributed by atoms with Gasteiger partial charge in [0.15, 0.2) is 11.6 Å². The van der Waals surface area contributed by atoms with Gasteiger partial charge >= 0.3 is 0 Å². The average molecular weight is 337 g/mol. The number of rotatable bonds is 4. The molecule has 0 radical (unpaired) electrons. The van der Waals surface area contributed by atoms with Crippen LogP contribution in [0.5, 0.6) is 0 Å². The van der Waals surface area contributed by atoms with Crippen LogP contribution in [0.4, 0.5) is 31.9 Å². The maximum atomic E-state index is 13.3. The number of nitriles is 1. The SMILES string of the molecule is Cc1cc(Nc2ccc(F)c(F)c2)nc(Nc2cccc(C#N)c2)n1. The second-order valence-corrected chi connectivity index (χ2v) is 5.29. The van der Waals surface area contributed by atoms with Crippen LogP contribution in [0.25, 0.3) is 0 Å². The summed E-state index contributed by atoms with van der Waals surface area (Å²) in [6, 6.07) is 14.1. The minimum absolute atomic E-state index is 0.320. The highest BCUT2D eigenvalue weighted by molar-refractivity contribution is 5.61. The quantitative estimate of drug-likeness (QED) is 0.737. The second kappa shape index (κ2) is 6.93. The van der Waals surface area contributed by atoms with Crippen molar-refractivity contribution < 1.29 is 8.78 Å². The van der Waals surface area contributed by atoms with Crippen LogP contribution in [-0.2, 0) is 0 Å². The first kappa shape index (κ1) is 16.3. The molecule has 0 aliphatic rings. The molecule has 0 saturated carbocycles. The molecule has 124 valence electrons. The molecule has 25 heavy (non-hydrogen) atoms. The second-order valence-electron chi connectivity index (χ2n) is 5.29. The summed E-state index contributed by atoms with van der Waals surface area (Å²) >= 11 is 0. The third kappa shape index (κ3) is 4.06. The van der Waals surface area contributed by atoms with Crippen molar-refractivity contribution in [3.63, 3.8) is 0 Å². The van der Waals surface area contributed by atoms with Crippen molar-refractivity contribution in [2.75, 3.05) is 10.6 Å². The van der Waals surface area contributed by atoms with Gasteiger partial charge in [-0.2, -0.15) is 10.2 Å². The predicted molar refractivity (Wildman–Crippen MR) is 90.8 cm³/mol. The highest BCUT2D eigenvalue weighted by Gasteiger charge is 2.06. The lowest BCUT2D eigenvalue weighted by molar-refractivity contribution is 0.509. The zero-order valence-electron chi connectivity index (χ0n) is 13.2. The summed E-state index contributed by atoms with van der Waals surface area (Å²) in [5, 5.41) is 14.9. The highest BCUT2D eigenvalue weighted by Crippen LogP contribution is 2.21. The fourth-order valence-electron chi connectivity index (χ4n) is 2.21. The number of aryl methyl sites for hydroxylation is 1. The smallest absolute Gasteiger partial charge is 0.229 e. The largest absolute Gasteiger partial charge is 0.340 e. The molecule has 0 atom stereocenters. The van der Waals surface area contributed by atoms with Crippen LogP contribution in [0.2, 0.25) is 0 Å². The van der Waals surface area contributed by atoms with Crippen molar-refractivity contribution in [2.24, 2.45) is 0 Å². The molecule has 2 aromatic carbocycles. The molecule has 0 unspecified atom stereocenters. The first-order valence-electron chi connectivity index (χ1n) is 7.38. The Kier molecular flexibility index (Phi) is 4.53. The maximum absolute atomic E-state index is 13.3. The van der Waals surface area contributed by atoms with Crippen molar-refractivity contribution in [3.05, 3.63) is 71.4 Å². The van der Waals surface area contributed by atoms with E-state index in [-0.39, 0.29) is 0 Å². The van der Waals surface area contributed by atoms with E-state index in [2.05, 4.69) is 26.7 Å². The van der Waals surface area contributed by atoms with Gasteiger partial charge in [0.05, 0.1) is 11.6 Å². The van der Waals surface area contributed by atoms with Crippen molar-refractivity contribution in [3.8, 4) is 6.07 Å². The zero-order valence-corrected chi connectivity index (χ0v) is 13.2. The van der Waals surface area contributed by atoms with Gasteiger partial charge in [0.1, 0.15) is 5.82 Å². The Balaban J connectivity index is 1.84. The molecule has 7 heteroatoms. The van der Waals surface area contributed by atoms with Crippen LogP contribution in [0.3, 0.4) is 0 Å². The molecular weight excluding hydrogens is 324 g/mol. The van der Waals surface area contributed by atoms with Crippen LogP contribution >= 0.6 is 0 Å². The molecule has 0 bridgehead atoms. The lowest BCUT2D eigenvalue weighted by atomic mass is 10.2. The van der Waals surface area contributed by atoms with E-state index in [1.165, 1.54) is 6.07 Å². The first-order valence-corrected chi connectivity index (χ1v) is 7.38. The van der Waals surface area contributed by atoms with E-state index in [0.29, 0.717) is 34.4 Å². The van der Waals surface area contributed by atoms with Gasteiger partial charge in [-0.15, -0.1) is 0 Å². The van der Waals surface area contributed by atoms with Gasteiger partial charge in [-0.05, 0) is 37.3 Å². The molecule has 3 aromatic rings. The van der Waals surface area contributed by atoms with Crippen molar-refractivity contribution in [1.82, 2.24) is 9.97 Å². The summed E-state index contributed by atoms with van der Waals surface area (Å²) in [4.78, 5) is 8.58. The molecular formula is C18H13F2N5. The van der Waals surface area contributed by atoms with Crippen LogP contribution < -0.4 is 10.6 Å². The highest BCUT2D eigenvalue weighted by atomic mass is 19.2. The number of anilines is 4. The van der Waals surface area contributed by atoms with Gasteiger partial charge < -0.3 is 10.6 Å². The van der Waals surface area contributed by atoms with E-state index in [1.54, 1.807) is 37.3 Å². The number of benzene rings is 2. The molecule has 0 saturated heterocycles. The number of nitrogens with zero attached hydrogens (tertiary/aromatic N) is 3. The molecule has 1 heterocycles. The first-order chi connectivity index (χ1) is 12.0. The van der Waals surface area contributed by atoms with Crippen LogP contribution in [-0.4, -0.2) is 9.97 Å². The molecule has 0 aliphatic carbocycles. The Morgan fingerprint density at radius 2 is 1.72 bits per heavy atom. The average Bonchev–Trinajstić information content (AvgIpc) is 2.58. The van der Waals surface area contributed by atoms with Gasteiger partial charge in [-0.1, -0.05) is 6.07 Å². The topological polar surface area (TPSA) is 73.6 Å². The third-order valence-corrected chi connectivity index (χ3v) is 3.29. The Labute approximate surface area is 143 Å². The standard InChI is InChI=1S/C18H13F2N5/c1-11-7-17(23-14-5-6-15(19)16(20)9-14)25-18(22-11)24-13-4-2-3-12(8-13)10-21/h2-9H,1H3,(H2,22,23,24,25). The van der Waals surface area contributed by atoms with Crippen LogP contribution in [0, 0.1) is 29.9 Å². The lowest BCUT2D eigenvalue weighted by Crippen LogP contribution is -2.03. The Morgan fingerprint density at radius 1 is 0.920 bits per heavy atom. The molecule has 1 aromatic heterocycles. The minimum atomic E-state index is -0.942. The molecule has 0 spiro atoms. The summed E-state index contributed by atoms with van der Waals surface area (Å²) < 4.78 is 26.3. The van der Waals surface area contributed by atoms with Gasteiger partial charge in [0, 0.05) is 29.2 Å². The van der Waals surface area contributed by atoms with Crippen LogP contribution in [0.15, 0.2) is 48.5 Å². The summed E-state index contributed by atoms with van der Waals surface area (Å²) in [7, 11) is 0. The molecule has 5 nitrogen and oxygen atoms in total. The molecule has 0 fully saturated rings. The summed E-state index contributed by atoms with van der Waals surface area (Å²) in [5.74, 6) is -1.11. The van der Waals surface area contributed by atoms with E-state index in [0.717, 1.165) is 12.1 Å². The lowest BCUT2D eigenvalue weighted by Gasteiger charge is -2.10. The Morgan fingerprint density at radius 3 is 2.48 bits per heavy atom. The van der Waals surface area contributed by atoms with E-state index < -0.39 is 11.6 Å². The molecule has 0 aliphatic heterocycles. The van der Waals surface area contributed by atoms with Crippen molar-refractivity contribution in [2.45, 2.75) is 6.92 Å². The normalized spacial score (nSPS) is 10.2. The number of hydrogen-bond acceptors (Lipinski definition) is 5. The Hall–Kier alpha value is -3.53. The van der Waals surface area contributed by atoms with Crippen molar-refractivity contribution >= 4 is 23.1 Å². The molecule has 2 N–H and O–H groups in total. The van der Waals surface area contributed by atoms with Crippen LogP contribution in [0.1, 0.15) is 11.3 Å². The summed E-state index contributed by atoms with van der Waals surface area (Å²) in [6.45, 7) is 1.79. The summed E-state index contributed by atoms with van der Waals surface area (Å²) in [6.07, 6.45) is 0. The zero-order chi connectivity index (χ0) is 17.8. The summed E-state index contributed by atoms with van der Waals surface area (Å²) in [5.41, 5.74) is 2.23. The van der Waals surface area contributed by atoms with E-state index in [9.17, 15) is 8.78 Å². The monoisotopic (exact) mass is 337 g/mol.